The van der Waals surface area contributed by atoms with Crippen molar-refractivity contribution in [3.05, 3.63) is 36.0 Å². The summed E-state index contributed by atoms with van der Waals surface area (Å²) in [4.78, 5) is 15.5. The number of nitrogens with one attached hydrogen (secondary N) is 1. The Morgan fingerprint density at radius 2 is 2.20 bits per heavy atom. The number of carbonyl (C=O) groups is 1. The van der Waals surface area contributed by atoms with Crippen molar-refractivity contribution in [2.24, 2.45) is 0 Å². The number of pyridine rings is 1. The number of ether oxygens (including phenoxy) is 1. The van der Waals surface area contributed by atoms with Gasteiger partial charge in [-0.2, -0.15) is 0 Å². The van der Waals surface area contributed by atoms with Crippen LogP contribution in [-0.2, 0) is 4.74 Å². The number of rotatable bonds is 6. The molecule has 1 heterocycles. The monoisotopic (exact) mass is 274 g/mol. The number of aromatic nitrogens is 1. The van der Waals surface area contributed by atoms with Gasteiger partial charge in [-0.1, -0.05) is 18.2 Å². The van der Waals surface area contributed by atoms with Crippen molar-refractivity contribution in [1.82, 2.24) is 4.98 Å². The zero-order valence-electron chi connectivity index (χ0n) is 11.6. The molecule has 20 heavy (non-hydrogen) atoms. The molecule has 0 saturated heterocycles. The average molecular weight is 274 g/mol. The summed E-state index contributed by atoms with van der Waals surface area (Å²) in [5, 5.41) is 13.4. The third-order valence-electron chi connectivity index (χ3n) is 3.15. The van der Waals surface area contributed by atoms with Crippen LogP contribution in [0.5, 0.6) is 0 Å². The number of methoxy groups -OCH3 is 1. The van der Waals surface area contributed by atoms with E-state index in [1.807, 2.05) is 31.2 Å². The summed E-state index contributed by atoms with van der Waals surface area (Å²) in [6, 6.07) is 7.61. The number of hydrogen-bond acceptors (Lipinski definition) is 4. The normalized spacial score (nSPS) is 12.3. The lowest BCUT2D eigenvalue weighted by atomic mass is 10.1. The molecular formula is C15H18N2O3. The van der Waals surface area contributed by atoms with Crippen molar-refractivity contribution in [3.63, 3.8) is 0 Å². The van der Waals surface area contributed by atoms with E-state index in [9.17, 15) is 9.90 Å². The molecule has 0 amide bonds. The predicted octanol–water partition coefficient (Wildman–Crippen LogP) is 2.77. The summed E-state index contributed by atoms with van der Waals surface area (Å²) in [6.07, 6.45) is 2.20. The smallest absolute Gasteiger partial charge is 0.339 e. The summed E-state index contributed by atoms with van der Waals surface area (Å²) in [5.74, 6) is -0.982. The van der Waals surface area contributed by atoms with Gasteiger partial charge in [-0.15, -0.1) is 0 Å². The van der Waals surface area contributed by atoms with Crippen LogP contribution in [0.3, 0.4) is 0 Å². The SMILES string of the molecule is COCCC(C)Nc1c(C(=O)O)cnc2ccccc12. The quantitative estimate of drug-likeness (QED) is 0.847. The van der Waals surface area contributed by atoms with Crippen molar-refractivity contribution < 1.29 is 14.6 Å². The number of nitrogens with zero attached hydrogens (tertiary/aromatic N) is 1. The second kappa shape index (κ2) is 6.34. The summed E-state index contributed by atoms with van der Waals surface area (Å²) >= 11 is 0. The molecule has 0 aliphatic rings. The predicted molar refractivity (Wildman–Crippen MR) is 78.3 cm³/mol. The maximum atomic E-state index is 11.4. The first kappa shape index (κ1) is 14.3. The molecule has 1 aromatic carbocycles. The van der Waals surface area contributed by atoms with Crippen LogP contribution < -0.4 is 5.32 Å². The number of para-hydroxylation sites is 1. The fraction of sp³-hybridized carbons (Fsp3) is 0.333. The second-order valence-electron chi connectivity index (χ2n) is 4.70. The molecule has 0 fully saturated rings. The number of carboxylic acids is 1. The molecule has 0 radical (unpaired) electrons. The largest absolute Gasteiger partial charge is 0.478 e. The minimum Gasteiger partial charge on any atom is -0.478 e. The molecule has 2 rings (SSSR count). The minimum absolute atomic E-state index is 0.110. The van der Waals surface area contributed by atoms with Gasteiger partial charge in [0.2, 0.25) is 0 Å². The molecule has 1 aromatic heterocycles. The zero-order chi connectivity index (χ0) is 14.5. The van der Waals surface area contributed by atoms with Gasteiger partial charge in [-0.05, 0) is 19.4 Å². The third-order valence-corrected chi connectivity index (χ3v) is 3.15. The Morgan fingerprint density at radius 1 is 1.45 bits per heavy atom. The van der Waals surface area contributed by atoms with Crippen molar-refractivity contribution >= 4 is 22.6 Å². The maximum Gasteiger partial charge on any atom is 0.339 e. The fourth-order valence-electron chi connectivity index (χ4n) is 2.07. The molecule has 2 aromatic rings. The summed E-state index contributed by atoms with van der Waals surface area (Å²) in [7, 11) is 1.65. The van der Waals surface area contributed by atoms with E-state index in [2.05, 4.69) is 10.3 Å². The van der Waals surface area contributed by atoms with Gasteiger partial charge in [0.05, 0.1) is 11.2 Å². The van der Waals surface area contributed by atoms with E-state index < -0.39 is 5.97 Å². The summed E-state index contributed by atoms with van der Waals surface area (Å²) in [5.41, 5.74) is 1.58. The molecule has 5 nitrogen and oxygen atoms in total. The Labute approximate surface area is 117 Å². The van der Waals surface area contributed by atoms with Gasteiger partial charge >= 0.3 is 5.97 Å². The van der Waals surface area contributed by atoms with Crippen molar-refractivity contribution in [2.75, 3.05) is 19.0 Å². The number of aromatic carboxylic acids is 1. The van der Waals surface area contributed by atoms with Crippen molar-refractivity contribution in [3.8, 4) is 0 Å². The van der Waals surface area contributed by atoms with Crippen LogP contribution in [-0.4, -0.2) is 35.8 Å². The van der Waals surface area contributed by atoms with Gasteiger partial charge in [0.1, 0.15) is 5.56 Å². The van der Waals surface area contributed by atoms with Crippen LogP contribution in [0.4, 0.5) is 5.69 Å². The lowest BCUT2D eigenvalue weighted by Crippen LogP contribution is -2.19. The van der Waals surface area contributed by atoms with E-state index in [-0.39, 0.29) is 11.6 Å². The number of benzene rings is 1. The van der Waals surface area contributed by atoms with E-state index in [0.717, 1.165) is 17.3 Å². The van der Waals surface area contributed by atoms with E-state index in [4.69, 9.17) is 4.74 Å². The Balaban J connectivity index is 2.41. The van der Waals surface area contributed by atoms with E-state index in [0.29, 0.717) is 12.3 Å². The maximum absolute atomic E-state index is 11.4. The fourth-order valence-corrected chi connectivity index (χ4v) is 2.07. The molecule has 106 valence electrons. The zero-order valence-corrected chi connectivity index (χ0v) is 11.6. The molecule has 0 aliphatic carbocycles. The first-order valence-corrected chi connectivity index (χ1v) is 6.50. The first-order chi connectivity index (χ1) is 9.63. The highest BCUT2D eigenvalue weighted by atomic mass is 16.5. The van der Waals surface area contributed by atoms with Gasteiger partial charge in [-0.25, -0.2) is 4.79 Å². The molecular weight excluding hydrogens is 256 g/mol. The van der Waals surface area contributed by atoms with E-state index in [1.54, 1.807) is 7.11 Å². The minimum atomic E-state index is -0.982. The molecule has 0 saturated carbocycles. The van der Waals surface area contributed by atoms with Crippen molar-refractivity contribution in [1.29, 1.82) is 0 Å². The first-order valence-electron chi connectivity index (χ1n) is 6.50. The Hall–Kier alpha value is -2.14. The molecule has 1 unspecified atom stereocenters. The highest BCUT2D eigenvalue weighted by molar-refractivity contribution is 6.04. The highest BCUT2D eigenvalue weighted by Gasteiger charge is 2.16. The van der Waals surface area contributed by atoms with Crippen LogP contribution >= 0.6 is 0 Å². The molecule has 5 heteroatoms. The molecule has 0 spiro atoms. The standard InChI is InChI=1S/C15H18N2O3/c1-10(7-8-20-2)17-14-11-5-3-4-6-13(11)16-9-12(14)15(18)19/h3-6,9-10H,7-8H2,1-2H3,(H,16,17)(H,18,19). The topological polar surface area (TPSA) is 71.5 Å². The Kier molecular flexibility index (Phi) is 4.53. The van der Waals surface area contributed by atoms with E-state index in [1.165, 1.54) is 6.20 Å². The number of carboxylic acid groups (broad SMARTS) is 1. The summed E-state index contributed by atoms with van der Waals surface area (Å²) < 4.78 is 5.05. The van der Waals surface area contributed by atoms with Crippen LogP contribution in [0.2, 0.25) is 0 Å². The highest BCUT2D eigenvalue weighted by Crippen LogP contribution is 2.26. The number of fused-ring (bicyclic) bond motifs is 1. The van der Waals surface area contributed by atoms with E-state index >= 15 is 0 Å². The van der Waals surface area contributed by atoms with Gasteiger partial charge in [0, 0.05) is 31.3 Å². The molecule has 0 aliphatic heterocycles. The molecule has 1 atom stereocenters. The van der Waals surface area contributed by atoms with Gasteiger partial charge in [-0.3, -0.25) is 4.98 Å². The number of anilines is 1. The third kappa shape index (κ3) is 3.05. The lowest BCUT2D eigenvalue weighted by Gasteiger charge is -2.18. The van der Waals surface area contributed by atoms with Gasteiger partial charge in [0.25, 0.3) is 0 Å². The average Bonchev–Trinajstić information content (AvgIpc) is 2.45. The van der Waals surface area contributed by atoms with Crippen LogP contribution in [0, 0.1) is 0 Å². The Bertz CT molecular complexity index is 613. The second-order valence-corrected chi connectivity index (χ2v) is 4.70. The van der Waals surface area contributed by atoms with Crippen molar-refractivity contribution in [2.45, 2.75) is 19.4 Å². The lowest BCUT2D eigenvalue weighted by molar-refractivity contribution is 0.0697. The van der Waals surface area contributed by atoms with Crippen LogP contribution in [0.25, 0.3) is 10.9 Å². The molecule has 2 N–H and O–H groups in total. The van der Waals surface area contributed by atoms with Gasteiger partial charge in [0.15, 0.2) is 0 Å². The summed E-state index contributed by atoms with van der Waals surface area (Å²) in [6.45, 7) is 2.62. The Morgan fingerprint density at radius 3 is 2.90 bits per heavy atom. The van der Waals surface area contributed by atoms with Crippen LogP contribution in [0.1, 0.15) is 23.7 Å². The van der Waals surface area contributed by atoms with Gasteiger partial charge < -0.3 is 15.2 Å². The number of hydrogen-bond donors (Lipinski definition) is 2. The van der Waals surface area contributed by atoms with Crippen LogP contribution in [0.15, 0.2) is 30.5 Å². The molecule has 0 bridgehead atoms.